The number of aromatic nitrogens is 1. The minimum atomic E-state index is -0.334. The summed E-state index contributed by atoms with van der Waals surface area (Å²) in [5.41, 5.74) is 1.38. The van der Waals surface area contributed by atoms with Crippen LogP contribution in [0, 0.1) is 0 Å². The van der Waals surface area contributed by atoms with Gasteiger partial charge in [-0.25, -0.2) is 4.79 Å². The normalized spacial score (nSPS) is 10.6. The Morgan fingerprint density at radius 3 is 2.59 bits per heavy atom. The Bertz CT molecular complexity index is 803. The molecule has 110 valence electrons. The number of ether oxygens (including phenoxy) is 1. The Morgan fingerprint density at radius 1 is 1.09 bits per heavy atom. The van der Waals surface area contributed by atoms with Crippen LogP contribution in [0.15, 0.2) is 70.6 Å². The van der Waals surface area contributed by atoms with Gasteiger partial charge in [0.25, 0.3) is 0 Å². The monoisotopic (exact) mass is 309 g/mol. The molecule has 0 spiro atoms. The van der Waals surface area contributed by atoms with E-state index < -0.39 is 0 Å². The van der Waals surface area contributed by atoms with E-state index in [4.69, 9.17) is 4.74 Å². The average molecular weight is 309 g/mol. The summed E-state index contributed by atoms with van der Waals surface area (Å²) in [4.78, 5) is 18.6. The summed E-state index contributed by atoms with van der Waals surface area (Å²) >= 11 is 1.56. The standard InChI is InChI=1S/C18H15NO2S/c1-2-21-18(20)15-12-19-16-11-7-6-10-14(16)17(15)22-13-8-4-3-5-9-13/h3-12H,2H2,1H3. The molecule has 1 aromatic heterocycles. The fourth-order valence-electron chi connectivity index (χ4n) is 2.19. The Hall–Kier alpha value is -2.33. The summed E-state index contributed by atoms with van der Waals surface area (Å²) in [5, 5.41) is 0.960. The quantitative estimate of drug-likeness (QED) is 0.662. The lowest BCUT2D eigenvalue weighted by molar-refractivity contribution is 0.0522. The molecule has 4 heteroatoms. The van der Waals surface area contributed by atoms with Crippen LogP contribution in [0.5, 0.6) is 0 Å². The summed E-state index contributed by atoms with van der Waals surface area (Å²) in [6, 6.07) is 17.8. The number of benzene rings is 2. The molecule has 0 aliphatic heterocycles. The lowest BCUT2D eigenvalue weighted by Gasteiger charge is -2.11. The molecule has 1 heterocycles. The van der Waals surface area contributed by atoms with Crippen molar-refractivity contribution < 1.29 is 9.53 Å². The number of rotatable bonds is 4. The molecule has 0 saturated heterocycles. The molecular weight excluding hydrogens is 294 g/mol. The molecule has 3 aromatic rings. The third-order valence-corrected chi connectivity index (χ3v) is 4.34. The van der Waals surface area contributed by atoms with E-state index in [1.165, 1.54) is 0 Å². The number of fused-ring (bicyclic) bond motifs is 1. The van der Waals surface area contributed by atoms with Gasteiger partial charge in [0.1, 0.15) is 0 Å². The third kappa shape index (κ3) is 2.97. The van der Waals surface area contributed by atoms with Crippen molar-refractivity contribution in [3.63, 3.8) is 0 Å². The van der Waals surface area contributed by atoms with Crippen LogP contribution in [-0.4, -0.2) is 17.6 Å². The Balaban J connectivity index is 2.14. The minimum absolute atomic E-state index is 0.334. The van der Waals surface area contributed by atoms with Crippen LogP contribution in [0.1, 0.15) is 17.3 Å². The van der Waals surface area contributed by atoms with Gasteiger partial charge in [-0.15, -0.1) is 0 Å². The number of nitrogens with zero attached hydrogens (tertiary/aromatic N) is 1. The molecule has 3 nitrogen and oxygen atoms in total. The topological polar surface area (TPSA) is 39.2 Å². The van der Waals surface area contributed by atoms with Gasteiger partial charge in [0.2, 0.25) is 0 Å². The first-order valence-electron chi connectivity index (χ1n) is 7.07. The van der Waals surface area contributed by atoms with Crippen LogP contribution in [0.3, 0.4) is 0 Å². The molecule has 0 radical (unpaired) electrons. The van der Waals surface area contributed by atoms with Crippen molar-refractivity contribution in [3.8, 4) is 0 Å². The molecule has 0 unspecified atom stereocenters. The molecule has 0 N–H and O–H groups in total. The number of pyridine rings is 1. The zero-order chi connectivity index (χ0) is 15.4. The van der Waals surface area contributed by atoms with Gasteiger partial charge >= 0.3 is 5.97 Å². The van der Waals surface area contributed by atoms with Gasteiger partial charge in [-0.2, -0.15) is 0 Å². The van der Waals surface area contributed by atoms with E-state index in [1.54, 1.807) is 24.9 Å². The summed E-state index contributed by atoms with van der Waals surface area (Å²) in [6.45, 7) is 2.15. The van der Waals surface area contributed by atoms with Gasteiger partial charge in [-0.05, 0) is 25.1 Å². The average Bonchev–Trinajstić information content (AvgIpc) is 2.56. The maximum atomic E-state index is 12.2. The fraction of sp³-hybridized carbons (Fsp3) is 0.111. The van der Waals surface area contributed by atoms with Crippen molar-refractivity contribution in [1.82, 2.24) is 4.98 Å². The summed E-state index contributed by atoms with van der Waals surface area (Å²) in [6.07, 6.45) is 1.60. The smallest absolute Gasteiger partial charge is 0.340 e. The Morgan fingerprint density at radius 2 is 1.82 bits per heavy atom. The molecule has 0 atom stereocenters. The highest BCUT2D eigenvalue weighted by Gasteiger charge is 2.17. The first-order valence-corrected chi connectivity index (χ1v) is 7.89. The number of hydrogen-bond acceptors (Lipinski definition) is 4. The maximum absolute atomic E-state index is 12.2. The van der Waals surface area contributed by atoms with E-state index in [0.717, 1.165) is 20.7 Å². The van der Waals surface area contributed by atoms with Crippen molar-refractivity contribution in [3.05, 3.63) is 66.4 Å². The van der Waals surface area contributed by atoms with Crippen LogP contribution >= 0.6 is 11.8 Å². The molecular formula is C18H15NO2S. The summed E-state index contributed by atoms with van der Waals surface area (Å²) < 4.78 is 5.16. The van der Waals surface area contributed by atoms with E-state index in [2.05, 4.69) is 4.98 Å². The molecule has 0 saturated carbocycles. The molecule has 0 aliphatic carbocycles. The van der Waals surface area contributed by atoms with E-state index >= 15 is 0 Å². The number of esters is 1. The number of hydrogen-bond donors (Lipinski definition) is 0. The first kappa shape index (κ1) is 14.6. The SMILES string of the molecule is CCOC(=O)c1cnc2ccccc2c1Sc1ccccc1. The summed E-state index contributed by atoms with van der Waals surface area (Å²) in [7, 11) is 0. The number of carbonyl (C=O) groups is 1. The van der Waals surface area contributed by atoms with Crippen LogP contribution in [0.4, 0.5) is 0 Å². The van der Waals surface area contributed by atoms with Crippen molar-refractivity contribution in [2.45, 2.75) is 16.7 Å². The Kier molecular flexibility index (Phi) is 4.39. The van der Waals surface area contributed by atoms with Gasteiger partial charge < -0.3 is 4.74 Å². The second-order valence-corrected chi connectivity index (χ2v) is 5.74. The Labute approximate surface area is 133 Å². The van der Waals surface area contributed by atoms with Crippen LogP contribution in [0.2, 0.25) is 0 Å². The van der Waals surface area contributed by atoms with Crippen molar-refractivity contribution >= 4 is 28.6 Å². The van der Waals surface area contributed by atoms with Crippen LogP contribution in [-0.2, 0) is 4.74 Å². The molecule has 3 rings (SSSR count). The highest BCUT2D eigenvalue weighted by Crippen LogP contribution is 2.35. The molecule has 0 aliphatic rings. The highest BCUT2D eigenvalue weighted by atomic mass is 32.2. The molecule has 22 heavy (non-hydrogen) atoms. The number of carbonyl (C=O) groups excluding carboxylic acids is 1. The van der Waals surface area contributed by atoms with Crippen molar-refractivity contribution in [1.29, 1.82) is 0 Å². The molecule has 0 fully saturated rings. The highest BCUT2D eigenvalue weighted by molar-refractivity contribution is 7.99. The van der Waals surface area contributed by atoms with Gasteiger partial charge in [-0.3, -0.25) is 4.98 Å². The van der Waals surface area contributed by atoms with E-state index in [1.807, 2.05) is 54.6 Å². The lowest BCUT2D eigenvalue weighted by atomic mass is 10.1. The predicted octanol–water partition coefficient (Wildman–Crippen LogP) is 4.56. The van der Waals surface area contributed by atoms with Gasteiger partial charge in [-0.1, -0.05) is 48.2 Å². The zero-order valence-corrected chi connectivity index (χ0v) is 13.0. The number of para-hydroxylation sites is 1. The van der Waals surface area contributed by atoms with E-state index in [-0.39, 0.29) is 5.97 Å². The second kappa shape index (κ2) is 6.62. The molecule has 2 aromatic carbocycles. The van der Waals surface area contributed by atoms with Gasteiger partial charge in [0.15, 0.2) is 0 Å². The van der Waals surface area contributed by atoms with Crippen molar-refractivity contribution in [2.75, 3.05) is 6.61 Å². The first-order chi connectivity index (χ1) is 10.8. The third-order valence-electron chi connectivity index (χ3n) is 3.18. The maximum Gasteiger partial charge on any atom is 0.340 e. The summed E-state index contributed by atoms with van der Waals surface area (Å²) in [5.74, 6) is -0.334. The van der Waals surface area contributed by atoms with Gasteiger partial charge in [0.05, 0.1) is 17.7 Å². The largest absolute Gasteiger partial charge is 0.462 e. The minimum Gasteiger partial charge on any atom is -0.462 e. The lowest BCUT2D eigenvalue weighted by Crippen LogP contribution is -2.07. The van der Waals surface area contributed by atoms with Crippen LogP contribution < -0.4 is 0 Å². The van der Waals surface area contributed by atoms with Gasteiger partial charge in [0, 0.05) is 21.4 Å². The van der Waals surface area contributed by atoms with Crippen LogP contribution in [0.25, 0.3) is 10.9 Å². The fourth-order valence-corrected chi connectivity index (χ4v) is 3.24. The second-order valence-electron chi connectivity index (χ2n) is 4.65. The van der Waals surface area contributed by atoms with Crippen molar-refractivity contribution in [2.24, 2.45) is 0 Å². The molecule has 0 bridgehead atoms. The van der Waals surface area contributed by atoms with E-state index in [9.17, 15) is 4.79 Å². The zero-order valence-electron chi connectivity index (χ0n) is 12.2. The molecule has 0 amide bonds. The van der Waals surface area contributed by atoms with E-state index in [0.29, 0.717) is 12.2 Å². The predicted molar refractivity (Wildman–Crippen MR) is 88.3 cm³/mol.